The number of ether oxygens (including phenoxy) is 1. The molecule has 0 aliphatic carbocycles. The van der Waals surface area contributed by atoms with Gasteiger partial charge in [0.1, 0.15) is 5.75 Å². The van der Waals surface area contributed by atoms with E-state index >= 15 is 0 Å². The van der Waals surface area contributed by atoms with E-state index in [4.69, 9.17) is 16.3 Å². The van der Waals surface area contributed by atoms with Gasteiger partial charge in [0.05, 0.1) is 19.6 Å². The van der Waals surface area contributed by atoms with E-state index in [1.807, 2.05) is 32.0 Å². The maximum atomic E-state index is 11.8. The molecule has 25 heavy (non-hydrogen) atoms. The van der Waals surface area contributed by atoms with Crippen LogP contribution in [0.15, 0.2) is 42.5 Å². The Balaban J connectivity index is 1.67. The number of nitrogens with one attached hydrogen (secondary N) is 2. The molecule has 0 aliphatic rings. The summed E-state index contributed by atoms with van der Waals surface area (Å²) < 4.78 is 5.55. The number of anilines is 1. The molecule has 0 aliphatic heterocycles. The standard InChI is InChI=1S/C19H21ClN2O3/c1-13-3-8-17(11-14(13)2)25-10-9-18(23)21-12-19(24)22-16-6-4-15(20)5-7-16/h3-8,11H,9-10,12H2,1-2H3,(H,21,23)(H,22,24). The molecule has 0 fully saturated rings. The Labute approximate surface area is 152 Å². The van der Waals surface area contributed by atoms with E-state index < -0.39 is 0 Å². The molecule has 0 saturated heterocycles. The van der Waals surface area contributed by atoms with Crippen molar-refractivity contribution in [1.82, 2.24) is 5.32 Å². The first-order chi connectivity index (χ1) is 11.9. The largest absolute Gasteiger partial charge is 0.493 e. The molecule has 0 atom stereocenters. The van der Waals surface area contributed by atoms with Crippen LogP contribution >= 0.6 is 11.6 Å². The maximum absolute atomic E-state index is 11.8. The van der Waals surface area contributed by atoms with Crippen LogP contribution in [0.2, 0.25) is 5.02 Å². The van der Waals surface area contributed by atoms with Crippen LogP contribution in [0, 0.1) is 13.8 Å². The predicted molar refractivity (Wildman–Crippen MR) is 99.1 cm³/mol. The van der Waals surface area contributed by atoms with Crippen molar-refractivity contribution < 1.29 is 14.3 Å². The van der Waals surface area contributed by atoms with Crippen molar-refractivity contribution in [2.75, 3.05) is 18.5 Å². The molecule has 0 bridgehead atoms. The van der Waals surface area contributed by atoms with E-state index in [1.165, 1.54) is 5.56 Å². The number of hydrogen-bond acceptors (Lipinski definition) is 3. The van der Waals surface area contributed by atoms with Gasteiger partial charge in [0.25, 0.3) is 0 Å². The van der Waals surface area contributed by atoms with Gasteiger partial charge in [0, 0.05) is 10.7 Å². The summed E-state index contributed by atoms with van der Waals surface area (Å²) in [5.41, 5.74) is 2.96. The smallest absolute Gasteiger partial charge is 0.243 e. The van der Waals surface area contributed by atoms with Crippen LogP contribution in [-0.4, -0.2) is 25.0 Å². The summed E-state index contributed by atoms with van der Waals surface area (Å²) in [6.45, 7) is 4.20. The minimum absolute atomic E-state index is 0.0922. The van der Waals surface area contributed by atoms with Crippen molar-refractivity contribution in [3.63, 3.8) is 0 Å². The van der Waals surface area contributed by atoms with Crippen molar-refractivity contribution in [3.8, 4) is 5.75 Å². The van der Waals surface area contributed by atoms with E-state index in [0.717, 1.165) is 11.3 Å². The van der Waals surface area contributed by atoms with E-state index in [9.17, 15) is 9.59 Å². The Morgan fingerprint density at radius 3 is 2.40 bits per heavy atom. The minimum atomic E-state index is -0.300. The van der Waals surface area contributed by atoms with Crippen molar-refractivity contribution in [2.24, 2.45) is 0 Å². The van der Waals surface area contributed by atoms with Gasteiger partial charge in [-0.3, -0.25) is 9.59 Å². The molecule has 0 spiro atoms. The third kappa shape index (κ3) is 6.47. The van der Waals surface area contributed by atoms with Crippen LogP contribution in [0.5, 0.6) is 5.75 Å². The van der Waals surface area contributed by atoms with E-state index in [-0.39, 0.29) is 31.4 Å². The number of rotatable bonds is 7. The van der Waals surface area contributed by atoms with Crippen LogP contribution in [-0.2, 0) is 9.59 Å². The van der Waals surface area contributed by atoms with Crippen LogP contribution < -0.4 is 15.4 Å². The summed E-state index contributed by atoms with van der Waals surface area (Å²) >= 11 is 5.78. The van der Waals surface area contributed by atoms with Crippen LogP contribution in [0.1, 0.15) is 17.5 Å². The SMILES string of the molecule is Cc1ccc(OCCC(=O)NCC(=O)Nc2ccc(Cl)cc2)cc1C. The van der Waals surface area contributed by atoms with Crippen molar-refractivity contribution in [2.45, 2.75) is 20.3 Å². The monoisotopic (exact) mass is 360 g/mol. The highest BCUT2D eigenvalue weighted by atomic mass is 35.5. The molecular weight excluding hydrogens is 340 g/mol. The summed E-state index contributed by atoms with van der Waals surface area (Å²) in [5.74, 6) is 0.192. The lowest BCUT2D eigenvalue weighted by atomic mass is 10.1. The first kappa shape index (κ1) is 18.8. The zero-order valence-electron chi connectivity index (χ0n) is 14.3. The molecule has 2 N–H and O–H groups in total. The molecule has 0 saturated carbocycles. The average Bonchev–Trinajstić information content (AvgIpc) is 2.58. The number of aryl methyl sites for hydroxylation is 2. The van der Waals surface area contributed by atoms with Gasteiger partial charge in [-0.2, -0.15) is 0 Å². The molecule has 6 heteroatoms. The van der Waals surface area contributed by atoms with Gasteiger partial charge in [0.2, 0.25) is 11.8 Å². The quantitative estimate of drug-likeness (QED) is 0.794. The van der Waals surface area contributed by atoms with Gasteiger partial charge < -0.3 is 15.4 Å². The topological polar surface area (TPSA) is 67.4 Å². The summed E-state index contributed by atoms with van der Waals surface area (Å²) in [7, 11) is 0. The summed E-state index contributed by atoms with van der Waals surface area (Å²) in [4.78, 5) is 23.5. The molecule has 2 aromatic rings. The fourth-order valence-electron chi connectivity index (χ4n) is 2.07. The molecule has 132 valence electrons. The van der Waals surface area contributed by atoms with Gasteiger partial charge in [0.15, 0.2) is 0 Å². The van der Waals surface area contributed by atoms with Gasteiger partial charge in [-0.1, -0.05) is 17.7 Å². The van der Waals surface area contributed by atoms with Crippen molar-refractivity contribution in [3.05, 3.63) is 58.6 Å². The molecule has 0 radical (unpaired) electrons. The second-order valence-electron chi connectivity index (χ2n) is 5.68. The summed E-state index contributed by atoms with van der Waals surface area (Å²) in [5, 5.41) is 5.83. The Hall–Kier alpha value is -2.53. The highest BCUT2D eigenvalue weighted by Crippen LogP contribution is 2.16. The number of hydrogen-bond donors (Lipinski definition) is 2. The Morgan fingerprint density at radius 2 is 1.72 bits per heavy atom. The van der Waals surface area contributed by atoms with E-state index in [1.54, 1.807) is 24.3 Å². The third-order valence-corrected chi connectivity index (χ3v) is 3.90. The molecule has 2 aromatic carbocycles. The summed E-state index contributed by atoms with van der Waals surface area (Å²) in [6.07, 6.45) is 0.182. The second-order valence-corrected chi connectivity index (χ2v) is 6.11. The van der Waals surface area contributed by atoms with E-state index in [0.29, 0.717) is 10.7 Å². The zero-order valence-corrected chi connectivity index (χ0v) is 15.0. The number of halogens is 1. The second kappa shape index (κ2) is 9.08. The molecule has 0 heterocycles. The van der Waals surface area contributed by atoms with E-state index in [2.05, 4.69) is 10.6 Å². The first-order valence-corrected chi connectivity index (χ1v) is 8.34. The Bertz CT molecular complexity index is 745. The fourth-order valence-corrected chi connectivity index (χ4v) is 2.20. The fraction of sp³-hybridized carbons (Fsp3) is 0.263. The zero-order chi connectivity index (χ0) is 18.2. The number of carbonyl (C=O) groups excluding carboxylic acids is 2. The average molecular weight is 361 g/mol. The van der Waals surface area contributed by atoms with Crippen molar-refractivity contribution in [1.29, 1.82) is 0 Å². The summed E-state index contributed by atoms with van der Waals surface area (Å²) in [6, 6.07) is 12.5. The molecule has 0 unspecified atom stereocenters. The van der Waals surface area contributed by atoms with Crippen LogP contribution in [0.4, 0.5) is 5.69 Å². The molecule has 0 aromatic heterocycles. The predicted octanol–water partition coefficient (Wildman–Crippen LogP) is 3.48. The van der Waals surface area contributed by atoms with Gasteiger partial charge in [-0.25, -0.2) is 0 Å². The van der Waals surface area contributed by atoms with Crippen LogP contribution in [0.3, 0.4) is 0 Å². The highest BCUT2D eigenvalue weighted by Gasteiger charge is 2.07. The normalized spacial score (nSPS) is 10.2. The Morgan fingerprint density at radius 1 is 1.00 bits per heavy atom. The lowest BCUT2D eigenvalue weighted by Gasteiger charge is -2.09. The number of carbonyl (C=O) groups is 2. The van der Waals surface area contributed by atoms with Gasteiger partial charge in [-0.15, -0.1) is 0 Å². The number of benzene rings is 2. The lowest BCUT2D eigenvalue weighted by Crippen LogP contribution is -2.33. The number of amides is 2. The van der Waals surface area contributed by atoms with Gasteiger partial charge >= 0.3 is 0 Å². The minimum Gasteiger partial charge on any atom is -0.493 e. The van der Waals surface area contributed by atoms with Crippen molar-refractivity contribution >= 4 is 29.1 Å². The molecular formula is C19H21ClN2O3. The molecule has 2 amide bonds. The van der Waals surface area contributed by atoms with Crippen LogP contribution in [0.25, 0.3) is 0 Å². The lowest BCUT2D eigenvalue weighted by molar-refractivity contribution is -0.124. The highest BCUT2D eigenvalue weighted by molar-refractivity contribution is 6.30. The Kier molecular flexibility index (Phi) is 6.83. The molecule has 2 rings (SSSR count). The maximum Gasteiger partial charge on any atom is 0.243 e. The third-order valence-electron chi connectivity index (χ3n) is 3.65. The first-order valence-electron chi connectivity index (χ1n) is 7.96. The van der Waals surface area contributed by atoms with Gasteiger partial charge in [-0.05, 0) is 61.4 Å². The molecule has 5 nitrogen and oxygen atoms in total.